The van der Waals surface area contributed by atoms with E-state index in [4.69, 9.17) is 17.4 Å². The monoisotopic (exact) mass is 394 g/mol. The summed E-state index contributed by atoms with van der Waals surface area (Å²) in [6.07, 6.45) is 1.79. The number of nitrogens with one attached hydrogen (secondary N) is 2. The van der Waals surface area contributed by atoms with Crippen LogP contribution in [0.5, 0.6) is 5.75 Å². The number of aryl methyl sites for hydroxylation is 1. The van der Waals surface area contributed by atoms with Crippen molar-refractivity contribution >= 4 is 18.5 Å². The molecule has 0 fully saturated rings. The first kappa shape index (κ1) is 18.4. The van der Waals surface area contributed by atoms with Crippen LogP contribution < -0.4 is 15.8 Å². The molecule has 4 rings (SSSR count). The molecule has 8 heteroatoms. The molecule has 0 bridgehead atoms. The number of hydrogen-bond acceptors (Lipinski definition) is 7. The fraction of sp³-hybridized carbons (Fsp3) is 0.200. The number of nitrogens with zero attached hydrogens (tertiary/aromatic N) is 4. The summed E-state index contributed by atoms with van der Waals surface area (Å²) in [5.74, 6) is 1.56. The van der Waals surface area contributed by atoms with Gasteiger partial charge in [0.25, 0.3) is 0 Å². The number of hydrazine groups is 2. The standard InChI is InChI=1S/C20H22N6OS/c1-13-5-4-6-18(14(13)2)26-20(28)17(11-21-26)19-22-23-24-25(19)12-15-7-9-16(27-3)10-8-15/h4-11,23-24,28H,12H2,1-3H3. The van der Waals surface area contributed by atoms with E-state index in [0.29, 0.717) is 6.54 Å². The Morgan fingerprint density at radius 2 is 1.89 bits per heavy atom. The highest BCUT2D eigenvalue weighted by Gasteiger charge is 2.24. The minimum absolute atomic E-state index is 0.623. The number of benzene rings is 2. The molecule has 2 aromatic carbocycles. The average Bonchev–Trinajstić information content (AvgIpc) is 3.31. The highest BCUT2D eigenvalue weighted by molar-refractivity contribution is 7.80. The molecule has 1 aliphatic rings. The maximum atomic E-state index is 5.22. The van der Waals surface area contributed by atoms with Crippen molar-refractivity contribution in [2.24, 2.45) is 5.10 Å². The molecule has 144 valence electrons. The second kappa shape index (κ2) is 7.57. The molecule has 0 saturated heterocycles. The molecule has 0 unspecified atom stereocenters. The van der Waals surface area contributed by atoms with Crippen molar-refractivity contribution in [2.45, 2.75) is 25.4 Å². The SMILES string of the molecule is COc1ccc(CN2NNN=C2c2cnn(-c3cccc(C)c3C)c2S)cc1. The Morgan fingerprint density at radius 3 is 2.64 bits per heavy atom. The first-order valence-electron chi connectivity index (χ1n) is 8.91. The molecule has 0 radical (unpaired) electrons. The van der Waals surface area contributed by atoms with Gasteiger partial charge in [-0.25, -0.2) is 10.2 Å². The summed E-state index contributed by atoms with van der Waals surface area (Å²) in [5, 5.41) is 11.6. The van der Waals surface area contributed by atoms with Gasteiger partial charge in [-0.1, -0.05) is 24.3 Å². The molecule has 1 aliphatic heterocycles. The third kappa shape index (κ3) is 3.32. The Balaban J connectivity index is 1.61. The van der Waals surface area contributed by atoms with Gasteiger partial charge < -0.3 is 4.74 Å². The summed E-state index contributed by atoms with van der Waals surface area (Å²) in [6.45, 7) is 4.80. The Hall–Kier alpha value is -2.97. The molecule has 2 N–H and O–H groups in total. The molecular formula is C20H22N6OS. The molecule has 28 heavy (non-hydrogen) atoms. The Bertz CT molecular complexity index is 1030. The van der Waals surface area contributed by atoms with E-state index < -0.39 is 0 Å². The van der Waals surface area contributed by atoms with Gasteiger partial charge in [0.15, 0.2) is 5.84 Å². The molecule has 0 aliphatic carbocycles. The minimum Gasteiger partial charge on any atom is -0.497 e. The van der Waals surface area contributed by atoms with E-state index >= 15 is 0 Å². The zero-order valence-electron chi connectivity index (χ0n) is 16.0. The van der Waals surface area contributed by atoms with E-state index in [1.54, 1.807) is 13.3 Å². The van der Waals surface area contributed by atoms with Crippen LogP contribution in [-0.4, -0.2) is 27.7 Å². The fourth-order valence-electron chi connectivity index (χ4n) is 3.13. The van der Waals surface area contributed by atoms with E-state index in [2.05, 4.69) is 41.2 Å². The van der Waals surface area contributed by atoms with E-state index in [1.807, 2.05) is 46.1 Å². The molecule has 2 heterocycles. The maximum Gasteiger partial charge on any atom is 0.177 e. The van der Waals surface area contributed by atoms with Crippen LogP contribution in [0, 0.1) is 13.8 Å². The minimum atomic E-state index is 0.623. The number of thiol groups is 1. The Kier molecular flexibility index (Phi) is 4.97. The number of amidine groups is 1. The number of rotatable bonds is 5. The van der Waals surface area contributed by atoms with Crippen LogP contribution in [0.25, 0.3) is 5.69 Å². The van der Waals surface area contributed by atoms with E-state index in [0.717, 1.165) is 33.4 Å². The predicted molar refractivity (Wildman–Crippen MR) is 112 cm³/mol. The van der Waals surface area contributed by atoms with Crippen molar-refractivity contribution < 1.29 is 4.74 Å². The van der Waals surface area contributed by atoms with Crippen LogP contribution in [0.15, 0.2) is 58.8 Å². The zero-order valence-corrected chi connectivity index (χ0v) is 16.9. The Morgan fingerprint density at radius 1 is 1.11 bits per heavy atom. The Labute approximate surface area is 169 Å². The quantitative estimate of drug-likeness (QED) is 0.581. The van der Waals surface area contributed by atoms with Gasteiger partial charge in [0.05, 0.1) is 31.1 Å². The van der Waals surface area contributed by atoms with Crippen molar-refractivity contribution in [3.63, 3.8) is 0 Å². The summed E-state index contributed by atoms with van der Waals surface area (Å²) in [5.41, 5.74) is 11.2. The van der Waals surface area contributed by atoms with Gasteiger partial charge in [-0.05, 0) is 48.7 Å². The number of aromatic nitrogens is 2. The van der Waals surface area contributed by atoms with Crippen molar-refractivity contribution in [3.05, 3.63) is 70.9 Å². The second-order valence-electron chi connectivity index (χ2n) is 6.61. The molecular weight excluding hydrogens is 372 g/mol. The number of methoxy groups -OCH3 is 1. The average molecular weight is 395 g/mol. The lowest BCUT2D eigenvalue weighted by Crippen LogP contribution is -2.40. The summed E-state index contributed by atoms with van der Waals surface area (Å²) in [6, 6.07) is 14.1. The van der Waals surface area contributed by atoms with Crippen molar-refractivity contribution in [2.75, 3.05) is 7.11 Å². The van der Waals surface area contributed by atoms with Gasteiger partial charge in [-0.3, -0.25) is 5.01 Å². The van der Waals surface area contributed by atoms with E-state index in [9.17, 15) is 0 Å². The molecule has 0 amide bonds. The topological polar surface area (TPSA) is 66.7 Å². The van der Waals surface area contributed by atoms with Gasteiger partial charge in [0, 0.05) is 0 Å². The van der Waals surface area contributed by atoms with Crippen LogP contribution in [0.2, 0.25) is 0 Å². The number of hydrazone groups is 1. The van der Waals surface area contributed by atoms with E-state index in [-0.39, 0.29) is 0 Å². The first-order chi connectivity index (χ1) is 13.6. The van der Waals surface area contributed by atoms with E-state index in [1.165, 1.54) is 11.1 Å². The lowest BCUT2D eigenvalue weighted by molar-refractivity contribution is 0.287. The highest BCUT2D eigenvalue weighted by Crippen LogP contribution is 2.25. The first-order valence-corrected chi connectivity index (χ1v) is 9.36. The van der Waals surface area contributed by atoms with Crippen LogP contribution in [0.1, 0.15) is 22.3 Å². The maximum absolute atomic E-state index is 5.22. The summed E-state index contributed by atoms with van der Waals surface area (Å²) in [7, 11) is 1.66. The largest absolute Gasteiger partial charge is 0.497 e. The molecule has 0 atom stereocenters. The fourth-order valence-corrected chi connectivity index (χ4v) is 3.44. The predicted octanol–water partition coefficient (Wildman–Crippen LogP) is 2.97. The van der Waals surface area contributed by atoms with Crippen molar-refractivity contribution in [3.8, 4) is 11.4 Å². The number of ether oxygens (including phenoxy) is 1. The molecule has 3 aromatic rings. The van der Waals surface area contributed by atoms with Crippen LogP contribution in [0.4, 0.5) is 0 Å². The van der Waals surface area contributed by atoms with Gasteiger partial charge in [0.2, 0.25) is 0 Å². The van der Waals surface area contributed by atoms with Gasteiger partial charge in [-0.15, -0.1) is 23.3 Å². The molecule has 7 nitrogen and oxygen atoms in total. The normalized spacial score (nSPS) is 13.4. The lowest BCUT2D eigenvalue weighted by Gasteiger charge is -2.19. The third-order valence-corrected chi connectivity index (χ3v) is 5.32. The third-order valence-electron chi connectivity index (χ3n) is 4.89. The summed E-state index contributed by atoms with van der Waals surface area (Å²) in [4.78, 5) is 0. The van der Waals surface area contributed by atoms with Gasteiger partial charge in [0.1, 0.15) is 10.8 Å². The van der Waals surface area contributed by atoms with Crippen molar-refractivity contribution in [1.29, 1.82) is 0 Å². The number of hydrogen-bond donors (Lipinski definition) is 3. The molecule has 0 spiro atoms. The van der Waals surface area contributed by atoms with Crippen LogP contribution in [-0.2, 0) is 6.54 Å². The molecule has 1 aromatic heterocycles. The van der Waals surface area contributed by atoms with Crippen LogP contribution >= 0.6 is 12.6 Å². The van der Waals surface area contributed by atoms with Gasteiger partial charge in [-0.2, -0.15) is 5.10 Å². The second-order valence-corrected chi connectivity index (χ2v) is 7.03. The summed E-state index contributed by atoms with van der Waals surface area (Å²) >= 11 is 4.74. The molecule has 0 saturated carbocycles. The van der Waals surface area contributed by atoms with Crippen molar-refractivity contribution in [1.82, 2.24) is 25.9 Å². The van der Waals surface area contributed by atoms with Gasteiger partial charge >= 0.3 is 0 Å². The highest BCUT2D eigenvalue weighted by atomic mass is 32.1. The lowest BCUT2D eigenvalue weighted by atomic mass is 10.1. The summed E-state index contributed by atoms with van der Waals surface area (Å²) < 4.78 is 7.06. The smallest absolute Gasteiger partial charge is 0.177 e. The van der Waals surface area contributed by atoms with Crippen LogP contribution in [0.3, 0.4) is 0 Å². The zero-order chi connectivity index (χ0) is 19.7.